The number of thiazole rings is 1. The van der Waals surface area contributed by atoms with Gasteiger partial charge in [-0.15, -0.1) is 22.7 Å². The second-order valence-electron chi connectivity index (χ2n) is 5.10. The summed E-state index contributed by atoms with van der Waals surface area (Å²) in [5.41, 5.74) is 0.863. The maximum absolute atomic E-state index is 12.3. The van der Waals surface area contributed by atoms with Gasteiger partial charge in [-0.05, 0) is 35.0 Å². The lowest BCUT2D eigenvalue weighted by atomic mass is 10.2. The van der Waals surface area contributed by atoms with Gasteiger partial charge in [-0.25, -0.2) is 4.98 Å². The first-order chi connectivity index (χ1) is 10.1. The van der Waals surface area contributed by atoms with Gasteiger partial charge < -0.3 is 10.2 Å². The second-order valence-corrected chi connectivity index (χ2v) is 7.79. The minimum atomic E-state index is 0.146. The van der Waals surface area contributed by atoms with E-state index >= 15 is 0 Å². The van der Waals surface area contributed by atoms with Gasteiger partial charge in [-0.3, -0.25) is 4.79 Å². The van der Waals surface area contributed by atoms with Crippen molar-refractivity contribution in [1.29, 1.82) is 0 Å². The Morgan fingerprint density at radius 1 is 1.52 bits per heavy atom. The van der Waals surface area contributed by atoms with Crippen LogP contribution in [0.4, 0.5) is 0 Å². The molecule has 0 saturated carbocycles. The summed E-state index contributed by atoms with van der Waals surface area (Å²) < 4.78 is 1.07. The van der Waals surface area contributed by atoms with Crippen LogP contribution in [0.3, 0.4) is 0 Å². The third kappa shape index (κ3) is 3.53. The monoisotopic (exact) mass is 385 g/mol. The van der Waals surface area contributed by atoms with Crippen LogP contribution in [0.5, 0.6) is 0 Å². The quantitative estimate of drug-likeness (QED) is 0.879. The number of hydrogen-bond donors (Lipinski definition) is 1. The van der Waals surface area contributed by atoms with Gasteiger partial charge in [0.15, 0.2) is 0 Å². The maximum atomic E-state index is 12.3. The molecular formula is C14H16BrN3OS2. The molecule has 1 aliphatic rings. The van der Waals surface area contributed by atoms with Gasteiger partial charge in [0.1, 0.15) is 5.01 Å². The second kappa shape index (κ2) is 6.56. The summed E-state index contributed by atoms with van der Waals surface area (Å²) in [5, 5.41) is 8.31. The molecule has 2 aromatic heterocycles. The number of rotatable bonds is 4. The topological polar surface area (TPSA) is 45.2 Å². The number of nitrogens with one attached hydrogen (secondary N) is 1. The Kier molecular flexibility index (Phi) is 4.73. The molecule has 0 radical (unpaired) electrons. The van der Waals surface area contributed by atoms with Crippen LogP contribution in [0.2, 0.25) is 0 Å². The van der Waals surface area contributed by atoms with E-state index in [9.17, 15) is 4.79 Å². The lowest BCUT2D eigenvalue weighted by Gasteiger charge is -2.23. The summed E-state index contributed by atoms with van der Waals surface area (Å²) in [4.78, 5) is 19.9. The summed E-state index contributed by atoms with van der Waals surface area (Å²) in [6.45, 7) is 1.89. The molecule has 0 aliphatic carbocycles. The standard InChI is InChI=1S/C14H16BrN3OS2/c1-18(11-2-3-16-6-11)13(19)5-10-8-21-14(17-10)12-4-9(15)7-20-12/h4,7-8,11,16H,2-3,5-6H2,1H3. The molecule has 1 atom stereocenters. The van der Waals surface area contributed by atoms with Crippen molar-refractivity contribution in [3.8, 4) is 9.88 Å². The van der Waals surface area contributed by atoms with E-state index in [4.69, 9.17) is 0 Å². The van der Waals surface area contributed by atoms with Crippen LogP contribution in [0, 0.1) is 0 Å². The normalized spacial score (nSPS) is 18.1. The molecule has 4 nitrogen and oxygen atoms in total. The molecule has 1 fully saturated rings. The van der Waals surface area contributed by atoms with Gasteiger partial charge >= 0.3 is 0 Å². The highest BCUT2D eigenvalue weighted by Gasteiger charge is 2.23. The summed E-state index contributed by atoms with van der Waals surface area (Å²) in [6.07, 6.45) is 1.42. The Balaban J connectivity index is 1.65. The van der Waals surface area contributed by atoms with E-state index < -0.39 is 0 Å². The van der Waals surface area contributed by atoms with Gasteiger partial charge in [0.05, 0.1) is 17.0 Å². The predicted molar refractivity (Wildman–Crippen MR) is 90.9 cm³/mol. The number of likely N-dealkylation sites (N-methyl/N-ethyl adjacent to an activating group) is 1. The molecule has 1 unspecified atom stereocenters. The van der Waals surface area contributed by atoms with Crippen LogP contribution in [0.25, 0.3) is 9.88 Å². The fraction of sp³-hybridized carbons (Fsp3) is 0.429. The third-order valence-corrected chi connectivity index (χ3v) is 6.39. The van der Waals surface area contributed by atoms with E-state index in [0.29, 0.717) is 12.5 Å². The largest absolute Gasteiger partial charge is 0.341 e. The first kappa shape index (κ1) is 15.1. The van der Waals surface area contributed by atoms with Crippen LogP contribution in [-0.2, 0) is 11.2 Å². The SMILES string of the molecule is CN(C(=O)Cc1csc(-c2cc(Br)cs2)n1)C1CCNC1. The molecule has 112 valence electrons. The molecule has 0 aromatic carbocycles. The summed E-state index contributed by atoms with van der Waals surface area (Å²) in [6, 6.07) is 2.38. The van der Waals surface area contributed by atoms with E-state index in [0.717, 1.165) is 39.6 Å². The number of thiophene rings is 1. The molecule has 0 spiro atoms. The maximum Gasteiger partial charge on any atom is 0.228 e. The van der Waals surface area contributed by atoms with Crippen molar-refractivity contribution in [3.63, 3.8) is 0 Å². The van der Waals surface area contributed by atoms with Gasteiger partial charge in [-0.2, -0.15) is 0 Å². The van der Waals surface area contributed by atoms with Crippen LogP contribution < -0.4 is 5.32 Å². The molecule has 21 heavy (non-hydrogen) atoms. The molecule has 2 aromatic rings. The zero-order valence-corrected chi connectivity index (χ0v) is 14.9. The number of amides is 1. The predicted octanol–water partition coefficient (Wildman–Crippen LogP) is 3.00. The van der Waals surface area contributed by atoms with Crippen molar-refractivity contribution in [3.05, 3.63) is 27.0 Å². The van der Waals surface area contributed by atoms with Crippen molar-refractivity contribution < 1.29 is 4.79 Å². The van der Waals surface area contributed by atoms with Gasteiger partial charge in [0.25, 0.3) is 0 Å². The first-order valence-electron chi connectivity index (χ1n) is 6.78. The van der Waals surface area contributed by atoms with Gasteiger partial charge in [0.2, 0.25) is 5.91 Å². The molecule has 1 N–H and O–H groups in total. The molecule has 1 aliphatic heterocycles. The van der Waals surface area contributed by atoms with Crippen molar-refractivity contribution >= 4 is 44.5 Å². The van der Waals surface area contributed by atoms with E-state index in [1.54, 1.807) is 22.7 Å². The van der Waals surface area contributed by atoms with Crippen molar-refractivity contribution in [2.24, 2.45) is 0 Å². The van der Waals surface area contributed by atoms with Crippen LogP contribution >= 0.6 is 38.6 Å². The molecule has 1 amide bonds. The zero-order valence-electron chi connectivity index (χ0n) is 11.6. The average molecular weight is 386 g/mol. The number of hydrogen-bond acceptors (Lipinski definition) is 5. The molecule has 7 heteroatoms. The van der Waals surface area contributed by atoms with E-state index in [2.05, 4.69) is 32.3 Å². The number of nitrogens with zero attached hydrogens (tertiary/aromatic N) is 2. The Morgan fingerprint density at radius 3 is 3.05 bits per heavy atom. The lowest BCUT2D eigenvalue weighted by Crippen LogP contribution is -2.39. The first-order valence-corrected chi connectivity index (χ1v) is 9.34. The molecule has 3 heterocycles. The van der Waals surface area contributed by atoms with Crippen LogP contribution in [0.15, 0.2) is 21.3 Å². The van der Waals surface area contributed by atoms with Gasteiger partial charge in [-0.1, -0.05) is 0 Å². The highest BCUT2D eigenvalue weighted by atomic mass is 79.9. The number of carbonyl (C=O) groups is 1. The zero-order chi connectivity index (χ0) is 14.8. The fourth-order valence-electron chi connectivity index (χ4n) is 2.38. The Hall–Kier alpha value is -0.760. The summed E-state index contributed by atoms with van der Waals surface area (Å²) in [7, 11) is 1.89. The minimum absolute atomic E-state index is 0.146. The Labute approximate surface area is 140 Å². The number of carbonyl (C=O) groups excluding carboxylic acids is 1. The number of halogens is 1. The van der Waals surface area contributed by atoms with Crippen molar-refractivity contribution in [1.82, 2.24) is 15.2 Å². The minimum Gasteiger partial charge on any atom is -0.341 e. The third-order valence-electron chi connectivity index (χ3n) is 3.64. The molecular weight excluding hydrogens is 370 g/mol. The summed E-state index contributed by atoms with van der Waals surface area (Å²) in [5.74, 6) is 0.146. The average Bonchev–Trinajstić information content (AvgIpc) is 3.17. The van der Waals surface area contributed by atoms with Crippen LogP contribution in [-0.4, -0.2) is 42.0 Å². The Bertz CT molecular complexity index is 634. The highest BCUT2D eigenvalue weighted by molar-refractivity contribution is 9.10. The molecule has 0 bridgehead atoms. The molecule has 3 rings (SSSR count). The van der Waals surface area contributed by atoms with Gasteiger partial charge in [0, 0.05) is 34.9 Å². The van der Waals surface area contributed by atoms with E-state index in [1.807, 2.05) is 22.7 Å². The van der Waals surface area contributed by atoms with Crippen LogP contribution in [0.1, 0.15) is 12.1 Å². The number of aromatic nitrogens is 1. The Morgan fingerprint density at radius 2 is 2.38 bits per heavy atom. The fourth-order valence-corrected chi connectivity index (χ4v) is 4.71. The van der Waals surface area contributed by atoms with E-state index in [1.165, 1.54) is 0 Å². The summed E-state index contributed by atoms with van der Waals surface area (Å²) >= 11 is 6.71. The highest BCUT2D eigenvalue weighted by Crippen LogP contribution is 2.32. The lowest BCUT2D eigenvalue weighted by molar-refractivity contribution is -0.130. The van der Waals surface area contributed by atoms with E-state index in [-0.39, 0.29) is 5.91 Å². The van der Waals surface area contributed by atoms with Crippen molar-refractivity contribution in [2.75, 3.05) is 20.1 Å². The molecule has 1 saturated heterocycles. The smallest absolute Gasteiger partial charge is 0.228 e. The van der Waals surface area contributed by atoms with Crippen molar-refractivity contribution in [2.45, 2.75) is 18.9 Å².